The first-order chi connectivity index (χ1) is 14.4. The minimum Gasteiger partial charge on any atom is -0.467 e. The van der Waals surface area contributed by atoms with Crippen LogP contribution in [0.5, 0.6) is 0 Å². The van der Waals surface area contributed by atoms with Gasteiger partial charge in [0.2, 0.25) is 0 Å². The molecule has 0 saturated heterocycles. The van der Waals surface area contributed by atoms with Gasteiger partial charge in [-0.05, 0) is 67.3 Å². The molecule has 0 atom stereocenters. The zero-order valence-electron chi connectivity index (χ0n) is 17.0. The van der Waals surface area contributed by atoms with Crippen molar-refractivity contribution in [3.63, 3.8) is 0 Å². The molecule has 3 aromatic rings. The van der Waals surface area contributed by atoms with Crippen molar-refractivity contribution in [2.75, 3.05) is 5.32 Å². The molecular weight excluding hydrogens is 400 g/mol. The van der Waals surface area contributed by atoms with Gasteiger partial charge in [0, 0.05) is 10.7 Å². The van der Waals surface area contributed by atoms with Gasteiger partial charge in [0.15, 0.2) is 0 Å². The highest BCUT2D eigenvalue weighted by atomic mass is 35.5. The van der Waals surface area contributed by atoms with E-state index >= 15 is 0 Å². The molecule has 6 heteroatoms. The third-order valence-corrected chi connectivity index (χ3v) is 5.79. The number of nitrogens with zero attached hydrogens (tertiary/aromatic N) is 1. The van der Waals surface area contributed by atoms with Crippen molar-refractivity contribution in [3.8, 4) is 0 Å². The van der Waals surface area contributed by atoms with E-state index in [0.29, 0.717) is 27.6 Å². The number of hydrogen-bond acceptors (Lipinski definition) is 4. The molecule has 2 amide bonds. The van der Waals surface area contributed by atoms with Gasteiger partial charge >= 0.3 is 0 Å². The minimum absolute atomic E-state index is 0.0682. The van der Waals surface area contributed by atoms with Crippen molar-refractivity contribution >= 4 is 34.7 Å². The Hall–Kier alpha value is -3.31. The Morgan fingerprint density at radius 2 is 1.77 bits per heavy atom. The Balaban J connectivity index is 1.81. The van der Waals surface area contributed by atoms with Gasteiger partial charge in [0.05, 0.1) is 18.4 Å². The first kappa shape index (κ1) is 20.0. The molecule has 2 heterocycles. The Labute approximate surface area is 180 Å². The molecule has 0 radical (unpaired) electrons. The summed E-state index contributed by atoms with van der Waals surface area (Å²) >= 11 is 6.25. The van der Waals surface area contributed by atoms with Crippen LogP contribution in [0.4, 0.5) is 5.69 Å². The molecule has 0 aliphatic carbocycles. The van der Waals surface area contributed by atoms with Gasteiger partial charge < -0.3 is 9.73 Å². The highest BCUT2D eigenvalue weighted by Crippen LogP contribution is 2.34. The quantitative estimate of drug-likeness (QED) is 0.572. The summed E-state index contributed by atoms with van der Waals surface area (Å²) in [6.45, 7) is 5.92. The maximum atomic E-state index is 13.3. The number of rotatable bonds is 5. The standard InChI is InChI=1S/C24H21ClN2O3/c1-14-9-10-17(12-15(14)2)21-22(26-20-8-4-7-19(25)16(20)3)24(29)27(23(21)28)13-18-6-5-11-30-18/h4-12,26H,13H2,1-3H3. The fraction of sp³-hybridized carbons (Fsp3) is 0.167. The van der Waals surface area contributed by atoms with Crippen LogP contribution in [-0.4, -0.2) is 16.7 Å². The van der Waals surface area contributed by atoms with E-state index < -0.39 is 5.91 Å². The van der Waals surface area contributed by atoms with Crippen LogP contribution in [0.25, 0.3) is 5.57 Å². The number of amides is 2. The van der Waals surface area contributed by atoms with Crippen LogP contribution < -0.4 is 5.32 Å². The molecule has 0 unspecified atom stereocenters. The maximum absolute atomic E-state index is 13.3. The minimum atomic E-state index is -0.399. The summed E-state index contributed by atoms with van der Waals surface area (Å²) in [5.74, 6) is -0.220. The predicted molar refractivity (Wildman–Crippen MR) is 117 cm³/mol. The number of aryl methyl sites for hydroxylation is 2. The Kier molecular flexibility index (Phi) is 5.22. The van der Waals surface area contributed by atoms with Crippen molar-refractivity contribution in [1.82, 2.24) is 4.90 Å². The van der Waals surface area contributed by atoms with E-state index in [0.717, 1.165) is 16.7 Å². The van der Waals surface area contributed by atoms with E-state index in [1.54, 1.807) is 24.3 Å². The van der Waals surface area contributed by atoms with Gasteiger partial charge in [-0.1, -0.05) is 35.9 Å². The lowest BCUT2D eigenvalue weighted by Gasteiger charge is -2.14. The molecule has 152 valence electrons. The molecule has 0 bridgehead atoms. The fourth-order valence-corrected chi connectivity index (χ4v) is 3.61. The number of carbonyl (C=O) groups is 2. The summed E-state index contributed by atoms with van der Waals surface area (Å²) in [6.07, 6.45) is 1.52. The van der Waals surface area contributed by atoms with Gasteiger partial charge in [-0.15, -0.1) is 0 Å². The molecule has 5 nitrogen and oxygen atoms in total. The first-order valence-electron chi connectivity index (χ1n) is 9.59. The number of anilines is 1. The van der Waals surface area contributed by atoms with Crippen molar-refractivity contribution in [2.45, 2.75) is 27.3 Å². The van der Waals surface area contributed by atoms with Crippen molar-refractivity contribution in [1.29, 1.82) is 0 Å². The van der Waals surface area contributed by atoms with E-state index in [4.69, 9.17) is 16.0 Å². The highest BCUT2D eigenvalue weighted by Gasteiger charge is 2.39. The highest BCUT2D eigenvalue weighted by molar-refractivity contribution is 6.36. The van der Waals surface area contributed by atoms with Gasteiger partial charge in [-0.25, -0.2) is 0 Å². The van der Waals surface area contributed by atoms with Crippen LogP contribution in [0, 0.1) is 20.8 Å². The smallest absolute Gasteiger partial charge is 0.278 e. The SMILES string of the molecule is Cc1ccc(C2=C(Nc3cccc(Cl)c3C)C(=O)N(Cc3ccco3)C2=O)cc1C. The van der Waals surface area contributed by atoms with E-state index in [9.17, 15) is 9.59 Å². The van der Waals surface area contributed by atoms with Crippen LogP contribution in [-0.2, 0) is 16.1 Å². The number of imide groups is 1. The second kappa shape index (κ2) is 7.84. The summed E-state index contributed by atoms with van der Waals surface area (Å²) in [4.78, 5) is 27.8. The van der Waals surface area contributed by atoms with Crippen molar-refractivity contribution in [3.05, 3.63) is 93.5 Å². The Morgan fingerprint density at radius 3 is 2.47 bits per heavy atom. The zero-order valence-corrected chi connectivity index (χ0v) is 17.7. The number of furan rings is 1. The van der Waals surface area contributed by atoms with E-state index in [1.807, 2.05) is 45.0 Å². The molecule has 1 aromatic heterocycles. The second-order valence-electron chi connectivity index (χ2n) is 7.36. The number of benzene rings is 2. The summed E-state index contributed by atoms with van der Waals surface area (Å²) < 4.78 is 5.35. The number of halogens is 1. The third-order valence-electron chi connectivity index (χ3n) is 5.39. The first-order valence-corrected chi connectivity index (χ1v) is 9.97. The second-order valence-corrected chi connectivity index (χ2v) is 7.77. The molecule has 1 aliphatic rings. The molecule has 2 aromatic carbocycles. The fourth-order valence-electron chi connectivity index (χ4n) is 3.44. The average Bonchev–Trinajstić information content (AvgIpc) is 3.31. The molecular formula is C24H21ClN2O3. The monoisotopic (exact) mass is 420 g/mol. The average molecular weight is 421 g/mol. The lowest BCUT2D eigenvalue weighted by Crippen LogP contribution is -2.31. The van der Waals surface area contributed by atoms with E-state index in [1.165, 1.54) is 11.2 Å². The topological polar surface area (TPSA) is 62.6 Å². The van der Waals surface area contributed by atoms with Crippen LogP contribution >= 0.6 is 11.6 Å². The maximum Gasteiger partial charge on any atom is 0.278 e. The van der Waals surface area contributed by atoms with Crippen LogP contribution in [0.1, 0.15) is 28.0 Å². The third kappa shape index (κ3) is 3.53. The molecule has 1 aliphatic heterocycles. The van der Waals surface area contributed by atoms with Crippen molar-refractivity contribution < 1.29 is 14.0 Å². The summed E-state index contributed by atoms with van der Waals surface area (Å²) in [6, 6.07) is 14.6. The summed E-state index contributed by atoms with van der Waals surface area (Å²) in [5, 5.41) is 3.76. The zero-order chi connectivity index (χ0) is 21.4. The Morgan fingerprint density at radius 1 is 0.967 bits per heavy atom. The lowest BCUT2D eigenvalue weighted by molar-refractivity contribution is -0.137. The largest absolute Gasteiger partial charge is 0.467 e. The van der Waals surface area contributed by atoms with Gasteiger partial charge in [-0.2, -0.15) is 0 Å². The van der Waals surface area contributed by atoms with E-state index in [-0.39, 0.29) is 18.1 Å². The molecule has 0 fully saturated rings. The molecule has 1 N–H and O–H groups in total. The summed E-state index contributed by atoms with van der Waals surface area (Å²) in [5.41, 5.74) is 4.91. The number of carbonyl (C=O) groups excluding carboxylic acids is 2. The number of nitrogens with one attached hydrogen (secondary N) is 1. The van der Waals surface area contributed by atoms with Crippen LogP contribution in [0.15, 0.2) is 64.9 Å². The summed E-state index contributed by atoms with van der Waals surface area (Å²) in [7, 11) is 0. The van der Waals surface area contributed by atoms with E-state index in [2.05, 4.69) is 5.32 Å². The van der Waals surface area contributed by atoms with Crippen LogP contribution in [0.3, 0.4) is 0 Å². The normalized spacial score (nSPS) is 14.1. The molecule has 30 heavy (non-hydrogen) atoms. The van der Waals surface area contributed by atoms with Gasteiger partial charge in [0.1, 0.15) is 11.5 Å². The molecule has 0 spiro atoms. The number of hydrogen-bond donors (Lipinski definition) is 1. The molecule has 4 rings (SSSR count). The predicted octanol–water partition coefficient (Wildman–Crippen LogP) is 5.25. The van der Waals surface area contributed by atoms with Gasteiger partial charge in [-0.3, -0.25) is 14.5 Å². The van der Waals surface area contributed by atoms with Crippen molar-refractivity contribution in [2.24, 2.45) is 0 Å². The van der Waals surface area contributed by atoms with Crippen LogP contribution in [0.2, 0.25) is 5.02 Å². The lowest BCUT2D eigenvalue weighted by atomic mass is 9.99. The molecule has 0 saturated carbocycles. The Bertz CT molecular complexity index is 1180. The van der Waals surface area contributed by atoms with Gasteiger partial charge in [0.25, 0.3) is 11.8 Å².